The van der Waals surface area contributed by atoms with Gasteiger partial charge in [0, 0.05) is 20.0 Å². The van der Waals surface area contributed by atoms with Gasteiger partial charge in [-0.3, -0.25) is 5.01 Å². The zero-order valence-corrected chi connectivity index (χ0v) is 12.2. The molecule has 0 radical (unpaired) electrons. The van der Waals surface area contributed by atoms with Gasteiger partial charge in [-0.15, -0.1) is 0 Å². The summed E-state index contributed by atoms with van der Waals surface area (Å²) in [5, 5.41) is 39.7. The lowest BCUT2D eigenvalue weighted by Crippen LogP contribution is -2.61. The number of nitrogens with zero attached hydrogens (tertiary/aromatic N) is 5. The van der Waals surface area contributed by atoms with Gasteiger partial charge in [-0.1, -0.05) is 13.8 Å². The fraction of sp³-hybridized carbons (Fsp3) is 0.714. The fourth-order valence-electron chi connectivity index (χ4n) is 3.09. The van der Waals surface area contributed by atoms with Crippen LogP contribution in [0.15, 0.2) is 0 Å². The van der Waals surface area contributed by atoms with Crippen LogP contribution in [0.2, 0.25) is 0 Å². The van der Waals surface area contributed by atoms with Crippen molar-refractivity contribution in [3.8, 4) is 24.3 Å². The van der Waals surface area contributed by atoms with Crippen LogP contribution in [0.5, 0.6) is 0 Å². The monoisotopic (exact) mass is 270 g/mol. The Bertz CT molecular complexity index is 510. The van der Waals surface area contributed by atoms with Gasteiger partial charge in [-0.05, 0) is 12.3 Å². The number of nitriles is 4. The van der Waals surface area contributed by atoms with Crippen LogP contribution in [0, 0.1) is 68.0 Å². The van der Waals surface area contributed by atoms with E-state index in [-0.39, 0.29) is 5.92 Å². The Morgan fingerprint density at radius 1 is 0.950 bits per heavy atom. The van der Waals surface area contributed by atoms with E-state index in [2.05, 4.69) is 29.7 Å². The zero-order chi connectivity index (χ0) is 15.6. The average Bonchev–Trinajstić information content (AvgIpc) is 2.41. The van der Waals surface area contributed by atoms with E-state index in [1.165, 1.54) is 0 Å². The van der Waals surface area contributed by atoms with Crippen LogP contribution in [0.1, 0.15) is 20.3 Å². The van der Waals surface area contributed by atoms with Crippen molar-refractivity contribution in [3.63, 3.8) is 0 Å². The van der Waals surface area contributed by atoms with E-state index < -0.39 is 22.8 Å². The van der Waals surface area contributed by atoms with Crippen LogP contribution >= 0.6 is 0 Å². The summed E-state index contributed by atoms with van der Waals surface area (Å²) in [5.74, 6) is -0.888. The Morgan fingerprint density at radius 3 is 1.75 bits per heavy atom. The topological polar surface area (TPSA) is 110 Å². The van der Waals surface area contributed by atoms with Crippen molar-refractivity contribution in [2.24, 2.45) is 22.7 Å². The lowest BCUT2D eigenvalue weighted by molar-refractivity contribution is 0.0221. The van der Waals surface area contributed by atoms with E-state index in [1.807, 2.05) is 6.92 Å². The fourth-order valence-corrected chi connectivity index (χ4v) is 3.09. The highest BCUT2D eigenvalue weighted by Gasteiger charge is 2.61. The Labute approximate surface area is 119 Å². The van der Waals surface area contributed by atoms with Gasteiger partial charge < -0.3 is 0 Å². The maximum absolute atomic E-state index is 9.55. The Morgan fingerprint density at radius 2 is 1.40 bits per heavy atom. The van der Waals surface area contributed by atoms with E-state index in [0.717, 1.165) is 0 Å². The molecule has 3 atom stereocenters. The third-order valence-electron chi connectivity index (χ3n) is 4.44. The van der Waals surface area contributed by atoms with E-state index in [4.69, 9.17) is 0 Å². The van der Waals surface area contributed by atoms with Gasteiger partial charge >= 0.3 is 0 Å². The van der Waals surface area contributed by atoms with Gasteiger partial charge in [0.15, 0.2) is 10.8 Å². The average molecular weight is 270 g/mol. The smallest absolute Gasteiger partial charge is 0.165 e. The Balaban J connectivity index is 3.42. The molecule has 0 bridgehead atoms. The maximum Gasteiger partial charge on any atom is 0.165 e. The molecule has 0 aromatic heterocycles. The highest BCUT2D eigenvalue weighted by molar-refractivity contribution is 5.33. The molecule has 1 N–H and O–H groups in total. The molecule has 1 rings (SSSR count). The number of rotatable bonds is 2. The minimum atomic E-state index is -1.40. The molecule has 6 nitrogen and oxygen atoms in total. The summed E-state index contributed by atoms with van der Waals surface area (Å²) in [6.07, 6.45) is 0.421. The van der Waals surface area contributed by atoms with E-state index in [0.29, 0.717) is 6.42 Å². The molecular formula is C14H18N6. The van der Waals surface area contributed by atoms with Crippen LogP contribution in [0.25, 0.3) is 0 Å². The minimum Gasteiger partial charge on any atom is -0.250 e. The van der Waals surface area contributed by atoms with Crippen molar-refractivity contribution < 1.29 is 0 Å². The number of hydrogen-bond acceptors (Lipinski definition) is 6. The zero-order valence-electron chi connectivity index (χ0n) is 12.2. The maximum atomic E-state index is 9.55. The second-order valence-electron chi connectivity index (χ2n) is 5.62. The first kappa shape index (κ1) is 15.9. The molecule has 20 heavy (non-hydrogen) atoms. The number of nitrogens with one attached hydrogen (secondary N) is 1. The standard InChI is InChI=1S/C14H18N6/c1-10-5-12(19-20(3)4)14(8-17,9-18)11(2)13(10,6-15)7-16/h10-12,19H,5H2,1-4H3/t10-,11+,12+/m0/s1. The Hall–Kier alpha value is -2.12. The van der Waals surface area contributed by atoms with Crippen molar-refractivity contribution in [2.45, 2.75) is 26.3 Å². The summed E-state index contributed by atoms with van der Waals surface area (Å²) in [6, 6.07) is 7.84. The summed E-state index contributed by atoms with van der Waals surface area (Å²) in [5.41, 5.74) is 0.381. The lowest BCUT2D eigenvalue weighted by atomic mass is 9.51. The quantitative estimate of drug-likeness (QED) is 0.754. The van der Waals surface area contributed by atoms with Crippen LogP contribution in [0.3, 0.4) is 0 Å². The van der Waals surface area contributed by atoms with Gasteiger partial charge in [0.25, 0.3) is 0 Å². The van der Waals surface area contributed by atoms with Crippen molar-refractivity contribution in [1.29, 1.82) is 21.0 Å². The number of hydrogen-bond donors (Lipinski definition) is 1. The third kappa shape index (κ3) is 2.00. The molecule has 0 spiro atoms. The molecule has 0 saturated heterocycles. The van der Waals surface area contributed by atoms with Crippen molar-refractivity contribution >= 4 is 0 Å². The lowest BCUT2D eigenvalue weighted by Gasteiger charge is -2.48. The summed E-state index contributed by atoms with van der Waals surface area (Å²) >= 11 is 0. The normalized spacial score (nSPS) is 30.6. The minimum absolute atomic E-state index is 0.222. The van der Waals surface area contributed by atoms with Crippen LogP contribution in [-0.2, 0) is 0 Å². The predicted molar refractivity (Wildman–Crippen MR) is 70.9 cm³/mol. The van der Waals surface area contributed by atoms with Gasteiger partial charge in [0.05, 0.1) is 30.3 Å². The molecule has 0 amide bonds. The van der Waals surface area contributed by atoms with Gasteiger partial charge in [0.2, 0.25) is 0 Å². The predicted octanol–water partition coefficient (Wildman–Crippen LogP) is 1.16. The first-order chi connectivity index (χ1) is 9.34. The molecule has 0 unspecified atom stereocenters. The summed E-state index contributed by atoms with van der Waals surface area (Å²) in [7, 11) is 3.57. The van der Waals surface area contributed by atoms with Crippen molar-refractivity contribution in [3.05, 3.63) is 0 Å². The summed E-state index contributed by atoms with van der Waals surface area (Å²) in [4.78, 5) is 0. The molecule has 0 heterocycles. The second-order valence-corrected chi connectivity index (χ2v) is 5.62. The van der Waals surface area contributed by atoms with E-state index in [1.54, 1.807) is 26.0 Å². The molecule has 1 aliphatic rings. The van der Waals surface area contributed by atoms with Crippen molar-refractivity contribution in [1.82, 2.24) is 10.4 Å². The first-order valence-corrected chi connectivity index (χ1v) is 6.43. The molecule has 6 heteroatoms. The molecule has 0 aromatic rings. The van der Waals surface area contributed by atoms with Gasteiger partial charge in [0.1, 0.15) is 0 Å². The van der Waals surface area contributed by atoms with Gasteiger partial charge in [-0.2, -0.15) is 21.0 Å². The van der Waals surface area contributed by atoms with E-state index in [9.17, 15) is 21.0 Å². The molecule has 0 aliphatic heterocycles. The Kier molecular flexibility index (Phi) is 4.36. The van der Waals surface area contributed by atoms with Crippen LogP contribution in [-0.4, -0.2) is 25.1 Å². The third-order valence-corrected chi connectivity index (χ3v) is 4.44. The molecule has 104 valence electrons. The molecule has 1 fully saturated rings. The molecule has 1 saturated carbocycles. The summed E-state index contributed by atoms with van der Waals surface area (Å²) in [6.45, 7) is 3.48. The molecule has 1 aliphatic carbocycles. The van der Waals surface area contributed by atoms with Gasteiger partial charge in [-0.25, -0.2) is 5.43 Å². The first-order valence-electron chi connectivity index (χ1n) is 6.43. The highest BCUT2D eigenvalue weighted by atomic mass is 15.5. The van der Waals surface area contributed by atoms with E-state index >= 15 is 0 Å². The second kappa shape index (κ2) is 5.48. The van der Waals surface area contributed by atoms with Crippen molar-refractivity contribution in [2.75, 3.05) is 14.1 Å². The van der Waals surface area contributed by atoms with Crippen LogP contribution in [0.4, 0.5) is 0 Å². The molecule has 0 aromatic carbocycles. The largest absolute Gasteiger partial charge is 0.250 e. The molecular weight excluding hydrogens is 252 g/mol. The number of hydrazine groups is 1. The highest BCUT2D eigenvalue weighted by Crippen LogP contribution is 2.53. The SMILES string of the molecule is C[C@@H]1C(C#N)(C#N)[C@@H](C)C[C@@H](NN(C)C)C1(C#N)C#N. The summed E-state index contributed by atoms with van der Waals surface area (Å²) < 4.78 is 0. The van der Waals surface area contributed by atoms with Crippen LogP contribution < -0.4 is 5.43 Å².